The zero-order chi connectivity index (χ0) is 9.19. The second kappa shape index (κ2) is 3.64. The predicted octanol–water partition coefficient (Wildman–Crippen LogP) is -0.0460. The average Bonchev–Trinajstić information content (AvgIpc) is 1.83. The first-order valence-electron chi connectivity index (χ1n) is 3.67. The number of aliphatic carboxylic acids is 1. The SMILES string of the molecule is CC(O)(CSC1COC1)C(=O)O. The molecule has 1 aliphatic heterocycles. The molecule has 0 amide bonds. The molecule has 0 radical (unpaired) electrons. The molecule has 0 saturated carbocycles. The highest BCUT2D eigenvalue weighted by Crippen LogP contribution is 2.23. The number of hydrogen-bond acceptors (Lipinski definition) is 4. The van der Waals surface area contributed by atoms with E-state index in [4.69, 9.17) is 9.84 Å². The lowest BCUT2D eigenvalue weighted by Gasteiger charge is -2.27. The van der Waals surface area contributed by atoms with Crippen LogP contribution in [-0.2, 0) is 9.53 Å². The minimum absolute atomic E-state index is 0.219. The Hall–Kier alpha value is -0.260. The maximum absolute atomic E-state index is 10.4. The summed E-state index contributed by atoms with van der Waals surface area (Å²) in [6.45, 7) is 2.64. The van der Waals surface area contributed by atoms with Gasteiger partial charge in [-0.3, -0.25) is 0 Å². The van der Waals surface area contributed by atoms with Crippen molar-refractivity contribution in [3.63, 3.8) is 0 Å². The van der Waals surface area contributed by atoms with Gasteiger partial charge in [0.05, 0.1) is 18.5 Å². The predicted molar refractivity (Wildman–Crippen MR) is 45.3 cm³/mol. The molecule has 1 unspecified atom stereocenters. The van der Waals surface area contributed by atoms with Crippen LogP contribution in [0.5, 0.6) is 0 Å². The summed E-state index contributed by atoms with van der Waals surface area (Å²) >= 11 is 1.44. The van der Waals surface area contributed by atoms with E-state index in [2.05, 4.69) is 0 Å². The molecule has 0 aliphatic carbocycles. The molecule has 1 aliphatic rings. The molecule has 12 heavy (non-hydrogen) atoms. The van der Waals surface area contributed by atoms with Crippen molar-refractivity contribution in [2.24, 2.45) is 0 Å². The summed E-state index contributed by atoms with van der Waals surface area (Å²) in [4.78, 5) is 10.4. The Bertz CT molecular complexity index is 176. The van der Waals surface area contributed by atoms with Gasteiger partial charge in [-0.2, -0.15) is 11.8 Å². The van der Waals surface area contributed by atoms with Gasteiger partial charge in [-0.05, 0) is 6.92 Å². The van der Waals surface area contributed by atoms with Gasteiger partial charge in [0.2, 0.25) is 0 Å². The molecular formula is C7H12O4S. The third-order valence-corrected chi connectivity index (χ3v) is 3.14. The van der Waals surface area contributed by atoms with Crippen molar-refractivity contribution in [2.75, 3.05) is 19.0 Å². The van der Waals surface area contributed by atoms with Crippen LogP contribution in [0.2, 0.25) is 0 Å². The van der Waals surface area contributed by atoms with E-state index < -0.39 is 11.6 Å². The fourth-order valence-corrected chi connectivity index (χ4v) is 1.72. The average molecular weight is 192 g/mol. The van der Waals surface area contributed by atoms with Crippen molar-refractivity contribution in [3.8, 4) is 0 Å². The molecule has 1 atom stereocenters. The number of carbonyl (C=O) groups is 1. The van der Waals surface area contributed by atoms with Gasteiger partial charge in [0.25, 0.3) is 0 Å². The fourth-order valence-electron chi connectivity index (χ4n) is 0.652. The zero-order valence-electron chi connectivity index (χ0n) is 6.82. The summed E-state index contributed by atoms with van der Waals surface area (Å²) in [5.74, 6) is -0.952. The Morgan fingerprint density at radius 3 is 2.67 bits per heavy atom. The molecule has 70 valence electrons. The highest BCUT2D eigenvalue weighted by Gasteiger charge is 2.32. The molecular weight excluding hydrogens is 180 g/mol. The van der Waals surface area contributed by atoms with Crippen molar-refractivity contribution in [2.45, 2.75) is 17.8 Å². The molecule has 0 bridgehead atoms. The van der Waals surface area contributed by atoms with E-state index >= 15 is 0 Å². The summed E-state index contributed by atoms with van der Waals surface area (Å²) in [5, 5.41) is 18.2. The van der Waals surface area contributed by atoms with Crippen molar-refractivity contribution >= 4 is 17.7 Å². The number of hydrogen-bond donors (Lipinski definition) is 2. The Kier molecular flexibility index (Phi) is 2.98. The van der Waals surface area contributed by atoms with E-state index in [1.807, 2.05) is 0 Å². The number of carboxylic acid groups (broad SMARTS) is 1. The van der Waals surface area contributed by atoms with Crippen molar-refractivity contribution < 1.29 is 19.7 Å². The standard InChI is InChI=1S/C7H12O4S/c1-7(10,6(8)9)4-12-5-2-11-3-5/h5,10H,2-4H2,1H3,(H,8,9). The van der Waals surface area contributed by atoms with Crippen LogP contribution in [-0.4, -0.2) is 46.0 Å². The molecule has 0 aromatic heterocycles. The lowest BCUT2D eigenvalue weighted by molar-refractivity contribution is -0.154. The molecule has 0 spiro atoms. The maximum atomic E-state index is 10.4. The summed E-state index contributed by atoms with van der Waals surface area (Å²) in [7, 11) is 0. The van der Waals surface area contributed by atoms with Crippen LogP contribution in [0.3, 0.4) is 0 Å². The highest BCUT2D eigenvalue weighted by atomic mass is 32.2. The van der Waals surface area contributed by atoms with Crippen LogP contribution < -0.4 is 0 Å². The van der Waals surface area contributed by atoms with Gasteiger partial charge >= 0.3 is 5.97 Å². The smallest absolute Gasteiger partial charge is 0.336 e. The van der Waals surface area contributed by atoms with E-state index in [9.17, 15) is 9.90 Å². The first kappa shape index (κ1) is 9.83. The maximum Gasteiger partial charge on any atom is 0.336 e. The van der Waals surface area contributed by atoms with E-state index in [-0.39, 0.29) is 5.75 Å². The van der Waals surface area contributed by atoms with Gasteiger partial charge in [-0.1, -0.05) is 0 Å². The number of thioether (sulfide) groups is 1. The second-order valence-corrected chi connectivity index (χ2v) is 4.34. The Morgan fingerprint density at radius 1 is 1.75 bits per heavy atom. The Balaban J connectivity index is 2.24. The molecule has 1 rings (SSSR count). The first-order chi connectivity index (χ1) is 5.52. The third-order valence-electron chi connectivity index (χ3n) is 1.67. The monoisotopic (exact) mass is 192 g/mol. The van der Waals surface area contributed by atoms with Crippen LogP contribution >= 0.6 is 11.8 Å². The van der Waals surface area contributed by atoms with Gasteiger partial charge in [0, 0.05) is 5.75 Å². The van der Waals surface area contributed by atoms with Crippen molar-refractivity contribution in [3.05, 3.63) is 0 Å². The first-order valence-corrected chi connectivity index (χ1v) is 4.72. The molecule has 2 N–H and O–H groups in total. The number of rotatable bonds is 4. The van der Waals surface area contributed by atoms with E-state index in [1.54, 1.807) is 0 Å². The number of ether oxygens (including phenoxy) is 1. The molecule has 1 fully saturated rings. The van der Waals surface area contributed by atoms with Crippen LogP contribution in [0.25, 0.3) is 0 Å². The van der Waals surface area contributed by atoms with Crippen LogP contribution in [0, 0.1) is 0 Å². The van der Waals surface area contributed by atoms with E-state index in [0.29, 0.717) is 18.5 Å². The molecule has 0 aromatic carbocycles. The summed E-state index contributed by atoms with van der Waals surface area (Å²) < 4.78 is 4.91. The quantitative estimate of drug-likeness (QED) is 0.654. The van der Waals surface area contributed by atoms with Gasteiger partial charge in [-0.25, -0.2) is 4.79 Å². The minimum Gasteiger partial charge on any atom is -0.479 e. The number of carboxylic acids is 1. The minimum atomic E-state index is -1.61. The lowest BCUT2D eigenvalue weighted by atomic mass is 10.1. The molecule has 1 heterocycles. The molecule has 5 heteroatoms. The van der Waals surface area contributed by atoms with Gasteiger partial charge in [0.1, 0.15) is 0 Å². The second-order valence-electron chi connectivity index (χ2n) is 3.05. The summed E-state index contributed by atoms with van der Waals surface area (Å²) in [5.41, 5.74) is -1.61. The Morgan fingerprint density at radius 2 is 2.33 bits per heavy atom. The van der Waals surface area contributed by atoms with E-state index in [0.717, 1.165) is 0 Å². The largest absolute Gasteiger partial charge is 0.479 e. The van der Waals surface area contributed by atoms with Gasteiger partial charge in [-0.15, -0.1) is 0 Å². The van der Waals surface area contributed by atoms with Gasteiger partial charge in [0.15, 0.2) is 5.60 Å². The van der Waals surface area contributed by atoms with E-state index in [1.165, 1.54) is 18.7 Å². The zero-order valence-corrected chi connectivity index (χ0v) is 7.63. The molecule has 4 nitrogen and oxygen atoms in total. The molecule has 0 aromatic rings. The summed E-state index contributed by atoms with van der Waals surface area (Å²) in [6.07, 6.45) is 0. The van der Waals surface area contributed by atoms with Crippen LogP contribution in [0.15, 0.2) is 0 Å². The van der Waals surface area contributed by atoms with Crippen molar-refractivity contribution in [1.29, 1.82) is 0 Å². The molecule has 1 saturated heterocycles. The Labute approximate surface area is 74.9 Å². The summed E-state index contributed by atoms with van der Waals surface area (Å²) in [6, 6.07) is 0. The van der Waals surface area contributed by atoms with Crippen molar-refractivity contribution in [1.82, 2.24) is 0 Å². The fraction of sp³-hybridized carbons (Fsp3) is 0.857. The highest BCUT2D eigenvalue weighted by molar-refractivity contribution is 8.00. The number of aliphatic hydroxyl groups is 1. The normalized spacial score (nSPS) is 22.8. The third kappa shape index (κ3) is 2.36. The van der Waals surface area contributed by atoms with Crippen LogP contribution in [0.4, 0.5) is 0 Å². The topological polar surface area (TPSA) is 66.8 Å². The lowest BCUT2D eigenvalue weighted by Crippen LogP contribution is -2.40. The van der Waals surface area contributed by atoms with Gasteiger partial charge < -0.3 is 14.9 Å². The van der Waals surface area contributed by atoms with Crippen LogP contribution in [0.1, 0.15) is 6.92 Å².